The number of halogens is 3. The Morgan fingerprint density at radius 3 is 2.47 bits per heavy atom. The third-order valence-corrected chi connectivity index (χ3v) is 3.70. The fraction of sp³-hybridized carbons (Fsp3) is 0.545. The molecule has 0 spiro atoms. The lowest BCUT2D eigenvalue weighted by Crippen LogP contribution is -2.50. The highest BCUT2D eigenvalue weighted by atomic mass is 19.4. The van der Waals surface area contributed by atoms with Crippen molar-refractivity contribution >= 4 is 17.9 Å². The molecular formula is C22H34F3N5O4. The van der Waals surface area contributed by atoms with Crippen molar-refractivity contribution in [3.63, 3.8) is 0 Å². The first-order valence-electron chi connectivity index (χ1n) is 10.5. The van der Waals surface area contributed by atoms with Crippen LogP contribution >= 0.6 is 0 Å². The van der Waals surface area contributed by atoms with Crippen LogP contribution in [0.3, 0.4) is 0 Å². The maximum absolute atomic E-state index is 11.8. The van der Waals surface area contributed by atoms with Gasteiger partial charge < -0.3 is 26.0 Å². The number of anilines is 1. The van der Waals surface area contributed by atoms with Gasteiger partial charge in [0, 0.05) is 19.4 Å². The van der Waals surface area contributed by atoms with Gasteiger partial charge in [0.2, 0.25) is 0 Å². The standard InChI is InChI=1S/C13H20N2O4.C5H4F3N3.C4H10/c1-3-5-9(14-4-2)13(18)15-8-11-12(17)10(16)6-7-19-11;6-5(7,8)3-1-10-2-4(9)11-3;1-4(2)3/h3-5,10-12,16-17H,1,6-8H2,2H3,(H,15,18);1-2H,(H2,9,11);4H,1-3H3/b9-5-,14-4?;;. The molecule has 9 nitrogen and oxygen atoms in total. The third-order valence-electron chi connectivity index (χ3n) is 3.70. The molecule has 1 aliphatic rings. The first kappa shape index (κ1) is 31.2. The van der Waals surface area contributed by atoms with E-state index in [0.717, 1.165) is 12.1 Å². The molecule has 1 aliphatic heterocycles. The average molecular weight is 490 g/mol. The highest BCUT2D eigenvalue weighted by Gasteiger charge is 2.33. The normalized spacial score (nSPS) is 20.6. The van der Waals surface area contributed by atoms with Crippen LogP contribution in [0.15, 0.2) is 41.8 Å². The van der Waals surface area contributed by atoms with Crippen molar-refractivity contribution < 1.29 is 32.9 Å². The van der Waals surface area contributed by atoms with Crippen LogP contribution in [0.25, 0.3) is 0 Å². The number of carbonyl (C=O) groups excluding carboxylic acids is 1. The number of nitrogen functional groups attached to an aromatic ring is 1. The number of nitrogens with zero attached hydrogens (tertiary/aromatic N) is 3. The van der Waals surface area contributed by atoms with Gasteiger partial charge in [0.15, 0.2) is 5.69 Å². The molecule has 1 amide bonds. The molecule has 0 aliphatic carbocycles. The molecule has 5 N–H and O–H groups in total. The summed E-state index contributed by atoms with van der Waals surface area (Å²) in [5.41, 5.74) is 4.14. The van der Waals surface area contributed by atoms with Crippen molar-refractivity contribution in [2.45, 2.75) is 58.6 Å². The minimum absolute atomic E-state index is 0.116. The summed E-state index contributed by atoms with van der Waals surface area (Å²) in [6, 6.07) is 0. The van der Waals surface area contributed by atoms with E-state index in [9.17, 15) is 28.2 Å². The Morgan fingerprint density at radius 1 is 1.38 bits per heavy atom. The van der Waals surface area contributed by atoms with E-state index in [0.29, 0.717) is 19.2 Å². The second-order valence-corrected chi connectivity index (χ2v) is 7.70. The number of allylic oxidation sites excluding steroid dienone is 2. The zero-order chi connectivity index (χ0) is 26.3. The number of ether oxygens (including phenoxy) is 1. The van der Waals surface area contributed by atoms with Gasteiger partial charge in [0.1, 0.15) is 23.7 Å². The van der Waals surface area contributed by atoms with Gasteiger partial charge in [-0.1, -0.05) is 33.4 Å². The maximum Gasteiger partial charge on any atom is 0.434 e. The molecule has 0 bridgehead atoms. The van der Waals surface area contributed by atoms with Crippen LogP contribution < -0.4 is 11.1 Å². The Kier molecular flexibility index (Phi) is 14.6. The molecule has 0 aromatic carbocycles. The number of amides is 1. The van der Waals surface area contributed by atoms with E-state index in [-0.39, 0.29) is 24.0 Å². The lowest BCUT2D eigenvalue weighted by atomic mass is 10.0. The van der Waals surface area contributed by atoms with Crippen molar-refractivity contribution in [1.29, 1.82) is 0 Å². The van der Waals surface area contributed by atoms with Gasteiger partial charge in [-0.2, -0.15) is 13.2 Å². The van der Waals surface area contributed by atoms with Crippen molar-refractivity contribution in [2.24, 2.45) is 10.9 Å². The van der Waals surface area contributed by atoms with Gasteiger partial charge in [0.25, 0.3) is 5.91 Å². The van der Waals surface area contributed by atoms with Crippen LogP contribution in [0.1, 0.15) is 39.8 Å². The van der Waals surface area contributed by atoms with Gasteiger partial charge in [-0.05, 0) is 25.3 Å². The van der Waals surface area contributed by atoms with Crippen LogP contribution in [0.2, 0.25) is 0 Å². The van der Waals surface area contributed by atoms with E-state index in [2.05, 4.69) is 47.6 Å². The van der Waals surface area contributed by atoms with E-state index >= 15 is 0 Å². The van der Waals surface area contributed by atoms with Crippen LogP contribution in [0.4, 0.5) is 19.0 Å². The molecule has 1 fully saturated rings. The Hall–Kier alpha value is -2.83. The predicted molar refractivity (Wildman–Crippen MR) is 124 cm³/mol. The lowest BCUT2D eigenvalue weighted by molar-refractivity contribution is -0.141. The zero-order valence-corrected chi connectivity index (χ0v) is 19.8. The van der Waals surface area contributed by atoms with Crippen molar-refractivity contribution in [3.05, 3.63) is 42.5 Å². The number of rotatable bonds is 5. The summed E-state index contributed by atoms with van der Waals surface area (Å²) in [7, 11) is 0. The quantitative estimate of drug-likeness (QED) is 0.283. The van der Waals surface area contributed by atoms with E-state index in [1.807, 2.05) is 0 Å². The summed E-state index contributed by atoms with van der Waals surface area (Å²) in [6.07, 6.45) is -0.349. The highest BCUT2D eigenvalue weighted by Crippen LogP contribution is 2.26. The van der Waals surface area contributed by atoms with Crippen LogP contribution in [-0.2, 0) is 15.7 Å². The summed E-state index contributed by atoms with van der Waals surface area (Å²) in [5, 5.41) is 21.8. The van der Waals surface area contributed by atoms with Gasteiger partial charge in [-0.15, -0.1) is 0 Å². The number of hydrogen-bond acceptors (Lipinski definition) is 8. The fourth-order valence-corrected chi connectivity index (χ4v) is 2.27. The van der Waals surface area contributed by atoms with E-state index < -0.39 is 30.2 Å². The minimum Gasteiger partial charge on any atom is -0.390 e. The number of carbonyl (C=O) groups is 1. The largest absolute Gasteiger partial charge is 0.434 e. The molecule has 2 heterocycles. The molecule has 0 radical (unpaired) electrons. The van der Waals surface area contributed by atoms with Gasteiger partial charge in [-0.3, -0.25) is 14.8 Å². The molecule has 1 saturated heterocycles. The van der Waals surface area contributed by atoms with Crippen LogP contribution in [-0.4, -0.2) is 63.8 Å². The summed E-state index contributed by atoms with van der Waals surface area (Å²) in [5.74, 6) is 0.216. The Bertz CT molecular complexity index is 813. The molecule has 0 saturated carbocycles. The number of nitrogens with two attached hydrogens (primary N) is 1. The summed E-state index contributed by atoms with van der Waals surface area (Å²) in [4.78, 5) is 22.0. The van der Waals surface area contributed by atoms with E-state index in [4.69, 9.17) is 10.5 Å². The third kappa shape index (κ3) is 13.0. The molecule has 1 aromatic heterocycles. The van der Waals surface area contributed by atoms with Crippen molar-refractivity contribution in [3.8, 4) is 0 Å². The molecule has 2 rings (SSSR count). The maximum atomic E-state index is 11.8. The van der Waals surface area contributed by atoms with E-state index in [1.165, 1.54) is 18.4 Å². The predicted octanol–water partition coefficient (Wildman–Crippen LogP) is 2.51. The second-order valence-electron chi connectivity index (χ2n) is 7.70. The summed E-state index contributed by atoms with van der Waals surface area (Å²) >= 11 is 0. The van der Waals surface area contributed by atoms with Gasteiger partial charge in [-0.25, -0.2) is 4.98 Å². The molecule has 192 valence electrons. The van der Waals surface area contributed by atoms with Crippen LogP contribution in [0.5, 0.6) is 0 Å². The smallest absolute Gasteiger partial charge is 0.390 e. The lowest BCUT2D eigenvalue weighted by Gasteiger charge is -2.32. The Labute approximate surface area is 197 Å². The number of alkyl halides is 3. The Morgan fingerprint density at radius 2 is 2.00 bits per heavy atom. The van der Waals surface area contributed by atoms with Gasteiger partial charge in [0.05, 0.1) is 18.5 Å². The van der Waals surface area contributed by atoms with Crippen molar-refractivity contribution in [2.75, 3.05) is 18.9 Å². The monoisotopic (exact) mass is 489 g/mol. The number of hydrogen-bond donors (Lipinski definition) is 4. The first-order valence-corrected chi connectivity index (χ1v) is 10.5. The zero-order valence-electron chi connectivity index (χ0n) is 19.8. The molecular weight excluding hydrogens is 455 g/mol. The number of aliphatic hydroxyl groups is 2. The number of aromatic nitrogens is 2. The molecule has 34 heavy (non-hydrogen) atoms. The SMILES string of the molecule is C=C/C=C(\N=CC)C(=O)NCC1OCCC(O)C1O.CC(C)C.Nc1cncc(C(F)(F)F)n1. The molecule has 3 unspecified atom stereocenters. The first-order chi connectivity index (χ1) is 15.8. The topological polar surface area (TPSA) is 143 Å². The number of aliphatic hydroxyl groups excluding tert-OH is 2. The van der Waals surface area contributed by atoms with Gasteiger partial charge >= 0.3 is 6.18 Å². The number of aliphatic imine (C=N–C) groups is 1. The highest BCUT2D eigenvalue weighted by molar-refractivity contribution is 5.94. The molecule has 1 aromatic rings. The number of nitrogens with one attached hydrogen (secondary N) is 1. The Balaban J connectivity index is 0.000000609. The van der Waals surface area contributed by atoms with E-state index in [1.54, 1.807) is 6.92 Å². The summed E-state index contributed by atoms with van der Waals surface area (Å²) in [6.45, 7) is 12.2. The fourth-order valence-electron chi connectivity index (χ4n) is 2.27. The summed E-state index contributed by atoms with van der Waals surface area (Å²) < 4.78 is 40.7. The van der Waals surface area contributed by atoms with Crippen LogP contribution in [0, 0.1) is 5.92 Å². The minimum atomic E-state index is -4.47. The van der Waals surface area contributed by atoms with Crippen molar-refractivity contribution in [1.82, 2.24) is 15.3 Å². The average Bonchev–Trinajstić information content (AvgIpc) is 2.74. The second kappa shape index (κ2) is 15.9. The molecule has 3 atom stereocenters. The molecule has 12 heteroatoms.